The van der Waals surface area contributed by atoms with Crippen molar-refractivity contribution in [3.63, 3.8) is 0 Å². The third-order valence-corrected chi connectivity index (χ3v) is 6.80. The van der Waals surface area contributed by atoms with E-state index in [1.165, 1.54) is 34.4 Å². The Hall–Kier alpha value is -2.57. The second-order valence-corrected chi connectivity index (χ2v) is 9.59. The molecule has 2 aromatic heterocycles. The van der Waals surface area contributed by atoms with Crippen molar-refractivity contribution in [2.24, 2.45) is 0 Å². The number of methoxy groups -OCH3 is 1. The Morgan fingerprint density at radius 3 is 2.33 bits per heavy atom. The minimum atomic E-state index is -0.202. The van der Waals surface area contributed by atoms with Crippen LogP contribution in [-0.4, -0.2) is 45.1 Å². The maximum absolute atomic E-state index is 12.2. The minimum absolute atomic E-state index is 0.158. The lowest BCUT2D eigenvalue weighted by Crippen LogP contribution is -2.14. The predicted molar refractivity (Wildman–Crippen MR) is 119 cm³/mol. The summed E-state index contributed by atoms with van der Waals surface area (Å²) in [5, 5.41) is 23.1. The van der Waals surface area contributed by atoms with Crippen LogP contribution in [0.5, 0.6) is 5.75 Å². The number of anilines is 2. The molecule has 2 amide bonds. The van der Waals surface area contributed by atoms with E-state index in [-0.39, 0.29) is 29.9 Å². The lowest BCUT2D eigenvalue weighted by atomic mass is 10.1. The van der Waals surface area contributed by atoms with E-state index in [0.717, 1.165) is 16.3 Å². The van der Waals surface area contributed by atoms with Crippen LogP contribution in [0.2, 0.25) is 0 Å². The fourth-order valence-corrected chi connectivity index (χ4v) is 4.54. The summed E-state index contributed by atoms with van der Waals surface area (Å²) in [5.74, 6) is 0.766. The molecule has 3 rings (SSSR count). The molecule has 3 aromatic rings. The summed E-state index contributed by atoms with van der Waals surface area (Å²) in [5.41, 5.74) is 0.862. The Balaban J connectivity index is 1.44. The van der Waals surface area contributed by atoms with Crippen LogP contribution in [0.4, 0.5) is 10.3 Å². The molecule has 0 fully saturated rings. The third kappa shape index (κ3) is 6.47. The van der Waals surface area contributed by atoms with Gasteiger partial charge in [-0.3, -0.25) is 14.9 Å². The fraction of sp³-hybridized carbons (Fsp3) is 0.333. The number of nitrogens with zero attached hydrogens (tertiary/aromatic N) is 4. The number of carbonyl (C=O) groups is 2. The molecule has 0 spiro atoms. The SMILES string of the molecule is COc1ccc(CC(=O)Nc2nnc(SCC(=O)Nc3nnc(C(C)C)s3)s2)cc1. The quantitative estimate of drug-likeness (QED) is 0.365. The van der Waals surface area contributed by atoms with E-state index in [4.69, 9.17) is 4.74 Å². The lowest BCUT2D eigenvalue weighted by molar-refractivity contribution is -0.115. The van der Waals surface area contributed by atoms with Crippen molar-refractivity contribution < 1.29 is 14.3 Å². The molecular formula is C18H20N6O3S3. The Kier molecular flexibility index (Phi) is 7.71. The van der Waals surface area contributed by atoms with Crippen molar-refractivity contribution in [3.05, 3.63) is 34.8 Å². The van der Waals surface area contributed by atoms with Crippen molar-refractivity contribution in [1.82, 2.24) is 20.4 Å². The Bertz CT molecular complexity index is 1000. The number of rotatable bonds is 9. The van der Waals surface area contributed by atoms with Gasteiger partial charge in [-0.05, 0) is 17.7 Å². The van der Waals surface area contributed by atoms with Gasteiger partial charge in [0.1, 0.15) is 10.8 Å². The minimum Gasteiger partial charge on any atom is -0.497 e. The van der Waals surface area contributed by atoms with Gasteiger partial charge in [-0.25, -0.2) is 0 Å². The van der Waals surface area contributed by atoms with Gasteiger partial charge in [0, 0.05) is 5.92 Å². The van der Waals surface area contributed by atoms with Crippen molar-refractivity contribution in [2.75, 3.05) is 23.5 Å². The number of aromatic nitrogens is 4. The number of hydrogen-bond donors (Lipinski definition) is 2. The Morgan fingerprint density at radius 2 is 1.67 bits per heavy atom. The first-order valence-electron chi connectivity index (χ1n) is 8.95. The zero-order valence-corrected chi connectivity index (χ0v) is 19.0. The van der Waals surface area contributed by atoms with Gasteiger partial charge >= 0.3 is 0 Å². The van der Waals surface area contributed by atoms with E-state index >= 15 is 0 Å². The molecule has 1 aromatic carbocycles. The van der Waals surface area contributed by atoms with Crippen LogP contribution < -0.4 is 15.4 Å². The van der Waals surface area contributed by atoms with Gasteiger partial charge in [0.25, 0.3) is 0 Å². The molecule has 0 aliphatic carbocycles. The molecule has 2 N–H and O–H groups in total. The van der Waals surface area contributed by atoms with E-state index in [2.05, 4.69) is 31.0 Å². The van der Waals surface area contributed by atoms with Crippen molar-refractivity contribution in [1.29, 1.82) is 0 Å². The average molecular weight is 465 g/mol. The largest absolute Gasteiger partial charge is 0.497 e. The maximum Gasteiger partial charge on any atom is 0.236 e. The summed E-state index contributed by atoms with van der Waals surface area (Å²) in [6.45, 7) is 4.04. The topological polar surface area (TPSA) is 119 Å². The molecule has 9 nitrogen and oxygen atoms in total. The molecule has 0 saturated heterocycles. The third-order valence-electron chi connectivity index (χ3n) is 3.68. The standard InChI is InChI=1S/C18H20N6O3S3/c1-10(2)15-21-22-16(29-15)20-14(26)9-28-18-24-23-17(30-18)19-13(25)8-11-4-6-12(27-3)7-5-11/h4-7,10H,8-9H2,1-3H3,(H,19,23,25)(H,20,22,26). The number of carbonyl (C=O) groups excluding carboxylic acids is 2. The summed E-state index contributed by atoms with van der Waals surface area (Å²) in [7, 11) is 1.59. The van der Waals surface area contributed by atoms with Crippen molar-refractivity contribution in [2.45, 2.75) is 30.5 Å². The van der Waals surface area contributed by atoms with Gasteiger partial charge < -0.3 is 10.1 Å². The van der Waals surface area contributed by atoms with Crippen LogP contribution in [0, 0.1) is 0 Å². The molecule has 0 unspecified atom stereocenters. The second kappa shape index (κ2) is 10.5. The molecule has 2 heterocycles. The van der Waals surface area contributed by atoms with Crippen molar-refractivity contribution >= 4 is 56.5 Å². The van der Waals surface area contributed by atoms with Crippen molar-refractivity contribution in [3.8, 4) is 5.75 Å². The first-order valence-corrected chi connectivity index (χ1v) is 11.6. The summed E-state index contributed by atoms with van der Waals surface area (Å²) in [6.07, 6.45) is 0.217. The summed E-state index contributed by atoms with van der Waals surface area (Å²) >= 11 is 3.82. The van der Waals surface area contributed by atoms with E-state index in [1.54, 1.807) is 19.2 Å². The van der Waals surface area contributed by atoms with Crippen LogP contribution in [0.25, 0.3) is 0 Å². The zero-order chi connectivity index (χ0) is 21.5. The van der Waals surface area contributed by atoms with Gasteiger partial charge in [-0.15, -0.1) is 20.4 Å². The molecule has 12 heteroatoms. The van der Waals surface area contributed by atoms with Crippen LogP contribution >= 0.6 is 34.4 Å². The van der Waals surface area contributed by atoms with E-state index in [1.807, 2.05) is 26.0 Å². The number of amides is 2. The fourth-order valence-electron chi connectivity index (χ4n) is 2.21. The molecule has 0 bridgehead atoms. The smallest absolute Gasteiger partial charge is 0.236 e. The lowest BCUT2D eigenvalue weighted by Gasteiger charge is -2.03. The van der Waals surface area contributed by atoms with Crippen LogP contribution in [0.15, 0.2) is 28.6 Å². The highest BCUT2D eigenvalue weighted by atomic mass is 32.2. The number of hydrogen-bond acceptors (Lipinski definition) is 10. The molecule has 0 aliphatic rings. The van der Waals surface area contributed by atoms with Crippen LogP contribution in [-0.2, 0) is 16.0 Å². The van der Waals surface area contributed by atoms with Gasteiger partial charge in [0.15, 0.2) is 4.34 Å². The Labute approximate surface area is 185 Å². The van der Waals surface area contributed by atoms with Crippen LogP contribution in [0.3, 0.4) is 0 Å². The van der Waals surface area contributed by atoms with Gasteiger partial charge in [0.2, 0.25) is 22.1 Å². The summed E-state index contributed by atoms with van der Waals surface area (Å²) in [6, 6.07) is 7.28. The molecule has 0 atom stereocenters. The maximum atomic E-state index is 12.2. The molecule has 0 radical (unpaired) electrons. The number of ether oxygens (including phenoxy) is 1. The molecular weight excluding hydrogens is 444 g/mol. The number of thioether (sulfide) groups is 1. The van der Waals surface area contributed by atoms with Gasteiger partial charge in [-0.2, -0.15) is 0 Å². The molecule has 0 aliphatic heterocycles. The summed E-state index contributed by atoms with van der Waals surface area (Å²) < 4.78 is 5.69. The first-order chi connectivity index (χ1) is 14.4. The van der Waals surface area contributed by atoms with E-state index in [9.17, 15) is 9.59 Å². The first kappa shape index (κ1) is 22.1. The number of benzene rings is 1. The monoisotopic (exact) mass is 464 g/mol. The van der Waals surface area contributed by atoms with Crippen LogP contribution in [0.1, 0.15) is 30.3 Å². The highest BCUT2D eigenvalue weighted by molar-refractivity contribution is 8.01. The highest BCUT2D eigenvalue weighted by Crippen LogP contribution is 2.26. The molecule has 0 saturated carbocycles. The van der Waals surface area contributed by atoms with E-state index < -0.39 is 0 Å². The predicted octanol–water partition coefficient (Wildman–Crippen LogP) is 3.43. The van der Waals surface area contributed by atoms with Gasteiger partial charge in [0.05, 0.1) is 19.3 Å². The van der Waals surface area contributed by atoms with E-state index in [0.29, 0.717) is 14.6 Å². The normalized spacial score (nSPS) is 10.8. The second-order valence-electron chi connectivity index (χ2n) is 6.38. The van der Waals surface area contributed by atoms with Gasteiger partial charge in [-0.1, -0.05) is 60.4 Å². The highest BCUT2D eigenvalue weighted by Gasteiger charge is 2.13. The molecule has 158 valence electrons. The number of nitrogens with one attached hydrogen (secondary N) is 2. The Morgan fingerprint density at radius 1 is 1.00 bits per heavy atom. The zero-order valence-electron chi connectivity index (χ0n) is 16.5. The molecule has 30 heavy (non-hydrogen) atoms. The summed E-state index contributed by atoms with van der Waals surface area (Å²) in [4.78, 5) is 24.3. The average Bonchev–Trinajstić information content (AvgIpc) is 3.36.